The molecule has 4 aromatic rings. The maximum absolute atomic E-state index is 13.0. The fraction of sp³-hybridized carbons (Fsp3) is 0.296. The highest BCUT2D eigenvalue weighted by molar-refractivity contribution is 5.76. The van der Waals surface area contributed by atoms with Crippen molar-refractivity contribution in [3.63, 3.8) is 0 Å². The van der Waals surface area contributed by atoms with Crippen LogP contribution in [0.3, 0.4) is 0 Å². The standard InChI is InChI=1S/C27H30N4O4/c1-18(2)19-5-7-20(8-6-19)23-16-24-27(33)30(13-14-31(24)29-23)12-11-26(32)28-17-21-9-10-22(34-3)15-25(21)35-4/h5-10,13-16,18H,11-12,17H2,1-4H3,(H,28,32). The predicted octanol–water partition coefficient (Wildman–Crippen LogP) is 4.01. The minimum absolute atomic E-state index is 0.158. The zero-order chi connectivity index (χ0) is 24.9. The second-order valence-corrected chi connectivity index (χ2v) is 8.64. The number of nitrogens with zero attached hydrogens (tertiary/aromatic N) is 3. The van der Waals surface area contributed by atoms with Gasteiger partial charge in [0.15, 0.2) is 0 Å². The number of carbonyl (C=O) groups is 1. The van der Waals surface area contributed by atoms with E-state index >= 15 is 0 Å². The molecule has 1 N–H and O–H groups in total. The van der Waals surface area contributed by atoms with Gasteiger partial charge in [-0.1, -0.05) is 38.1 Å². The third-order valence-corrected chi connectivity index (χ3v) is 6.03. The molecule has 0 aliphatic carbocycles. The zero-order valence-corrected chi connectivity index (χ0v) is 20.4. The summed E-state index contributed by atoms with van der Waals surface area (Å²) in [5, 5.41) is 7.43. The van der Waals surface area contributed by atoms with E-state index in [2.05, 4.69) is 36.4 Å². The summed E-state index contributed by atoms with van der Waals surface area (Å²) in [6.45, 7) is 4.89. The average molecular weight is 475 g/mol. The number of nitrogens with one attached hydrogen (secondary N) is 1. The second kappa shape index (κ2) is 10.5. The first-order valence-electron chi connectivity index (χ1n) is 11.6. The molecule has 0 saturated heterocycles. The van der Waals surface area contributed by atoms with E-state index in [0.29, 0.717) is 29.5 Å². The fourth-order valence-electron chi connectivity index (χ4n) is 3.88. The monoisotopic (exact) mass is 474 g/mol. The van der Waals surface area contributed by atoms with Crippen molar-refractivity contribution in [2.75, 3.05) is 14.2 Å². The molecular formula is C27H30N4O4. The summed E-state index contributed by atoms with van der Waals surface area (Å²) in [7, 11) is 3.16. The number of aromatic nitrogens is 3. The van der Waals surface area contributed by atoms with Crippen molar-refractivity contribution in [3.05, 3.63) is 82.4 Å². The fourth-order valence-corrected chi connectivity index (χ4v) is 3.88. The lowest BCUT2D eigenvalue weighted by molar-refractivity contribution is -0.121. The van der Waals surface area contributed by atoms with Crippen molar-refractivity contribution in [2.24, 2.45) is 0 Å². The number of hydrogen-bond acceptors (Lipinski definition) is 5. The number of ether oxygens (including phenoxy) is 2. The van der Waals surface area contributed by atoms with Gasteiger partial charge in [-0.25, -0.2) is 4.52 Å². The highest BCUT2D eigenvalue weighted by atomic mass is 16.5. The van der Waals surface area contributed by atoms with Gasteiger partial charge in [0, 0.05) is 49.1 Å². The first-order valence-corrected chi connectivity index (χ1v) is 11.6. The lowest BCUT2D eigenvalue weighted by Gasteiger charge is -2.11. The summed E-state index contributed by atoms with van der Waals surface area (Å²) in [4.78, 5) is 25.4. The van der Waals surface area contributed by atoms with Crippen LogP contribution >= 0.6 is 0 Å². The Balaban J connectivity index is 1.42. The number of amides is 1. The molecule has 4 rings (SSSR count). The molecule has 0 bridgehead atoms. The van der Waals surface area contributed by atoms with Crippen LogP contribution in [0.4, 0.5) is 0 Å². The van der Waals surface area contributed by atoms with Gasteiger partial charge in [0.1, 0.15) is 17.0 Å². The van der Waals surface area contributed by atoms with Gasteiger partial charge < -0.3 is 19.4 Å². The number of carbonyl (C=O) groups excluding carboxylic acids is 1. The maximum Gasteiger partial charge on any atom is 0.276 e. The van der Waals surface area contributed by atoms with E-state index in [4.69, 9.17) is 9.47 Å². The van der Waals surface area contributed by atoms with Crippen LogP contribution in [0.2, 0.25) is 0 Å². The lowest BCUT2D eigenvalue weighted by Crippen LogP contribution is -2.27. The van der Waals surface area contributed by atoms with E-state index in [0.717, 1.165) is 16.8 Å². The van der Waals surface area contributed by atoms with Crippen LogP contribution in [0, 0.1) is 0 Å². The number of methoxy groups -OCH3 is 2. The Kier molecular flexibility index (Phi) is 7.19. The SMILES string of the molecule is COc1ccc(CNC(=O)CCn2ccn3nc(-c4ccc(C(C)C)cc4)cc3c2=O)c(OC)c1. The number of aryl methyl sites for hydroxylation is 1. The summed E-state index contributed by atoms with van der Waals surface area (Å²) in [6, 6.07) is 15.5. The van der Waals surface area contributed by atoms with Crippen LogP contribution in [0.15, 0.2) is 65.7 Å². The molecule has 0 unspecified atom stereocenters. The van der Waals surface area contributed by atoms with Crippen molar-refractivity contribution in [1.29, 1.82) is 0 Å². The van der Waals surface area contributed by atoms with E-state index in [1.807, 2.05) is 24.3 Å². The Morgan fingerprint density at radius 1 is 1.03 bits per heavy atom. The van der Waals surface area contributed by atoms with Gasteiger partial charge in [0.2, 0.25) is 5.91 Å². The Hall–Kier alpha value is -4.07. The van der Waals surface area contributed by atoms with Gasteiger partial charge in [-0.2, -0.15) is 5.10 Å². The van der Waals surface area contributed by atoms with E-state index in [1.54, 1.807) is 43.3 Å². The van der Waals surface area contributed by atoms with E-state index in [1.165, 1.54) is 10.1 Å². The van der Waals surface area contributed by atoms with Gasteiger partial charge in [-0.3, -0.25) is 9.59 Å². The first-order chi connectivity index (χ1) is 16.9. The largest absolute Gasteiger partial charge is 0.497 e. The molecule has 35 heavy (non-hydrogen) atoms. The molecule has 8 heteroatoms. The topological polar surface area (TPSA) is 86.9 Å². The van der Waals surface area contributed by atoms with Gasteiger partial charge in [-0.05, 0) is 29.7 Å². The van der Waals surface area contributed by atoms with Crippen molar-refractivity contribution in [1.82, 2.24) is 19.5 Å². The summed E-state index contributed by atoms with van der Waals surface area (Å²) in [5.74, 6) is 1.62. The van der Waals surface area contributed by atoms with Gasteiger partial charge >= 0.3 is 0 Å². The number of fused-ring (bicyclic) bond motifs is 1. The minimum atomic E-state index is -0.185. The van der Waals surface area contributed by atoms with Crippen molar-refractivity contribution < 1.29 is 14.3 Å². The molecule has 0 fully saturated rings. The maximum atomic E-state index is 13.0. The third-order valence-electron chi connectivity index (χ3n) is 6.03. The smallest absolute Gasteiger partial charge is 0.276 e. The molecule has 2 aromatic heterocycles. The quantitative estimate of drug-likeness (QED) is 0.396. The Labute approximate surface area is 204 Å². The van der Waals surface area contributed by atoms with Gasteiger partial charge in [-0.15, -0.1) is 0 Å². The molecule has 0 radical (unpaired) electrons. The van der Waals surface area contributed by atoms with Crippen molar-refractivity contribution in [3.8, 4) is 22.8 Å². The normalized spacial score (nSPS) is 11.1. The summed E-state index contributed by atoms with van der Waals surface area (Å²) < 4.78 is 13.7. The Morgan fingerprint density at radius 2 is 1.80 bits per heavy atom. The summed E-state index contributed by atoms with van der Waals surface area (Å²) in [5.41, 5.74) is 4.07. The molecule has 1 amide bonds. The molecule has 0 spiro atoms. The minimum Gasteiger partial charge on any atom is -0.497 e. The second-order valence-electron chi connectivity index (χ2n) is 8.64. The molecule has 182 valence electrons. The molecular weight excluding hydrogens is 444 g/mol. The number of hydrogen-bond donors (Lipinski definition) is 1. The molecule has 2 heterocycles. The van der Waals surface area contributed by atoms with Gasteiger partial charge in [0.25, 0.3) is 5.56 Å². The van der Waals surface area contributed by atoms with Crippen molar-refractivity contribution in [2.45, 2.75) is 39.3 Å². The summed E-state index contributed by atoms with van der Waals surface area (Å²) >= 11 is 0. The van der Waals surface area contributed by atoms with Crippen molar-refractivity contribution >= 4 is 11.4 Å². The van der Waals surface area contributed by atoms with Crippen LogP contribution in [-0.2, 0) is 17.9 Å². The molecule has 8 nitrogen and oxygen atoms in total. The summed E-state index contributed by atoms with van der Waals surface area (Å²) in [6.07, 6.45) is 3.57. The molecule has 0 saturated carbocycles. The van der Waals surface area contributed by atoms with E-state index < -0.39 is 0 Å². The Bertz CT molecular complexity index is 1390. The third kappa shape index (κ3) is 5.37. The molecule has 2 aromatic carbocycles. The molecule has 0 atom stereocenters. The Morgan fingerprint density at radius 3 is 2.49 bits per heavy atom. The highest BCUT2D eigenvalue weighted by Crippen LogP contribution is 2.24. The number of benzene rings is 2. The van der Waals surface area contributed by atoms with Crippen LogP contribution in [0.1, 0.15) is 37.3 Å². The highest BCUT2D eigenvalue weighted by Gasteiger charge is 2.12. The predicted molar refractivity (Wildman–Crippen MR) is 135 cm³/mol. The lowest BCUT2D eigenvalue weighted by atomic mass is 10.0. The molecule has 0 aliphatic heterocycles. The average Bonchev–Trinajstić information content (AvgIpc) is 3.32. The zero-order valence-electron chi connectivity index (χ0n) is 20.4. The van der Waals surface area contributed by atoms with E-state index in [9.17, 15) is 9.59 Å². The van der Waals surface area contributed by atoms with Crippen LogP contribution in [0.5, 0.6) is 11.5 Å². The van der Waals surface area contributed by atoms with Crippen LogP contribution in [0.25, 0.3) is 16.8 Å². The van der Waals surface area contributed by atoms with E-state index in [-0.39, 0.29) is 24.4 Å². The molecule has 0 aliphatic rings. The number of rotatable bonds is 9. The van der Waals surface area contributed by atoms with Gasteiger partial charge in [0.05, 0.1) is 19.9 Å². The first kappa shape index (κ1) is 24.1. The van der Waals surface area contributed by atoms with Crippen LogP contribution < -0.4 is 20.3 Å². The van der Waals surface area contributed by atoms with Crippen LogP contribution in [-0.4, -0.2) is 34.3 Å².